The highest BCUT2D eigenvalue weighted by Crippen LogP contribution is 2.31. The van der Waals surface area contributed by atoms with Crippen molar-refractivity contribution in [2.45, 2.75) is 19.4 Å². The molecule has 2 N–H and O–H groups in total. The number of hydrogen-bond acceptors (Lipinski definition) is 3. The summed E-state index contributed by atoms with van der Waals surface area (Å²) >= 11 is 5.88. The molecule has 0 saturated heterocycles. The Kier molecular flexibility index (Phi) is 3.46. The first-order chi connectivity index (χ1) is 7.29. The van der Waals surface area contributed by atoms with Crippen LogP contribution in [0, 0.1) is 5.92 Å². The van der Waals surface area contributed by atoms with Crippen LogP contribution in [0.5, 0.6) is 5.75 Å². The Morgan fingerprint density at radius 3 is 2.87 bits per heavy atom. The van der Waals surface area contributed by atoms with E-state index in [1.807, 2.05) is 18.2 Å². The lowest BCUT2D eigenvalue weighted by atomic mass is 10.2. The molecular weight excluding hydrogens is 214 g/mol. The second-order valence-electron chi connectivity index (χ2n) is 3.82. The first kappa shape index (κ1) is 10.7. The number of halogens is 1. The fraction of sp³-hybridized carbons (Fsp3) is 0.455. The van der Waals surface area contributed by atoms with Crippen LogP contribution in [0.2, 0.25) is 5.02 Å². The van der Waals surface area contributed by atoms with Gasteiger partial charge in [0.25, 0.3) is 0 Å². The predicted molar refractivity (Wildman–Crippen MR) is 58.6 cm³/mol. The fourth-order valence-electron chi connectivity index (χ4n) is 1.38. The molecule has 0 atom stereocenters. The second-order valence-corrected chi connectivity index (χ2v) is 4.25. The molecule has 0 amide bonds. The van der Waals surface area contributed by atoms with Gasteiger partial charge in [0.2, 0.25) is 0 Å². The summed E-state index contributed by atoms with van der Waals surface area (Å²) in [5.74, 6) is 6.59. The Hall–Kier alpha value is -0.770. The molecule has 1 aliphatic carbocycles. The van der Waals surface area contributed by atoms with Gasteiger partial charge in [0.05, 0.1) is 13.2 Å². The van der Waals surface area contributed by atoms with Gasteiger partial charge in [-0.15, -0.1) is 0 Å². The van der Waals surface area contributed by atoms with E-state index < -0.39 is 0 Å². The van der Waals surface area contributed by atoms with Crippen molar-refractivity contribution < 1.29 is 9.57 Å². The van der Waals surface area contributed by atoms with Gasteiger partial charge in [-0.1, -0.05) is 11.6 Å². The molecule has 82 valence electrons. The van der Waals surface area contributed by atoms with Crippen molar-refractivity contribution in [3.63, 3.8) is 0 Å². The van der Waals surface area contributed by atoms with Crippen LogP contribution in [-0.2, 0) is 11.4 Å². The maximum absolute atomic E-state index is 5.88. The summed E-state index contributed by atoms with van der Waals surface area (Å²) in [7, 11) is 0. The summed E-state index contributed by atoms with van der Waals surface area (Å²) in [4.78, 5) is 4.61. The van der Waals surface area contributed by atoms with E-state index in [4.69, 9.17) is 22.2 Å². The van der Waals surface area contributed by atoms with Gasteiger partial charge in [-0.25, -0.2) is 5.90 Å². The van der Waals surface area contributed by atoms with E-state index in [2.05, 4.69) is 4.84 Å². The highest BCUT2D eigenvalue weighted by Gasteiger charge is 2.22. The minimum Gasteiger partial charge on any atom is -0.493 e. The highest BCUT2D eigenvalue weighted by molar-refractivity contribution is 6.30. The summed E-state index contributed by atoms with van der Waals surface area (Å²) in [6.07, 6.45) is 2.55. The molecule has 0 heterocycles. The molecule has 0 aliphatic heterocycles. The Morgan fingerprint density at radius 2 is 2.20 bits per heavy atom. The summed E-state index contributed by atoms with van der Waals surface area (Å²) in [5.41, 5.74) is 0.894. The molecule has 1 aromatic rings. The van der Waals surface area contributed by atoms with Gasteiger partial charge in [-0.05, 0) is 37.0 Å². The van der Waals surface area contributed by atoms with Gasteiger partial charge in [0.1, 0.15) is 5.75 Å². The smallest absolute Gasteiger partial charge is 0.125 e. The Morgan fingerprint density at radius 1 is 1.40 bits per heavy atom. The largest absolute Gasteiger partial charge is 0.493 e. The Balaban J connectivity index is 2.04. The first-order valence-electron chi connectivity index (χ1n) is 5.02. The zero-order valence-corrected chi connectivity index (χ0v) is 9.17. The van der Waals surface area contributed by atoms with Crippen molar-refractivity contribution in [2.24, 2.45) is 11.8 Å². The maximum atomic E-state index is 5.88. The molecule has 1 aliphatic rings. The summed E-state index contributed by atoms with van der Waals surface area (Å²) in [6.45, 7) is 1.10. The Labute approximate surface area is 94.1 Å². The molecule has 0 radical (unpaired) electrons. The minimum absolute atomic E-state index is 0.320. The van der Waals surface area contributed by atoms with Crippen LogP contribution >= 0.6 is 11.6 Å². The van der Waals surface area contributed by atoms with E-state index in [1.54, 1.807) is 0 Å². The van der Waals surface area contributed by atoms with E-state index in [0.717, 1.165) is 23.8 Å². The van der Waals surface area contributed by atoms with E-state index in [-0.39, 0.29) is 0 Å². The highest BCUT2D eigenvalue weighted by atomic mass is 35.5. The molecule has 0 bridgehead atoms. The molecular formula is C11H14ClNO2. The topological polar surface area (TPSA) is 44.5 Å². The van der Waals surface area contributed by atoms with Crippen LogP contribution in [0.4, 0.5) is 0 Å². The second kappa shape index (κ2) is 4.84. The molecule has 3 nitrogen and oxygen atoms in total. The lowest BCUT2D eigenvalue weighted by molar-refractivity contribution is 0.121. The van der Waals surface area contributed by atoms with Crippen molar-refractivity contribution in [2.75, 3.05) is 6.61 Å². The van der Waals surface area contributed by atoms with Crippen LogP contribution in [-0.4, -0.2) is 6.61 Å². The molecule has 2 rings (SSSR count). The van der Waals surface area contributed by atoms with Crippen LogP contribution in [0.3, 0.4) is 0 Å². The van der Waals surface area contributed by atoms with E-state index in [0.29, 0.717) is 11.6 Å². The van der Waals surface area contributed by atoms with E-state index >= 15 is 0 Å². The standard InChI is InChI=1S/C11H14ClNO2/c12-10-3-4-11(9(5-10)7-15-13)14-6-8-1-2-8/h3-5,8H,1-2,6-7,13H2. The van der Waals surface area contributed by atoms with E-state index in [1.165, 1.54) is 12.8 Å². The van der Waals surface area contributed by atoms with Crippen LogP contribution < -0.4 is 10.6 Å². The third-order valence-corrected chi connectivity index (χ3v) is 2.67. The average molecular weight is 228 g/mol. The molecule has 0 spiro atoms. The zero-order valence-electron chi connectivity index (χ0n) is 8.41. The number of ether oxygens (including phenoxy) is 1. The van der Waals surface area contributed by atoms with Gasteiger partial charge in [0, 0.05) is 10.6 Å². The predicted octanol–water partition coefficient (Wildman–Crippen LogP) is 2.52. The quantitative estimate of drug-likeness (QED) is 0.787. The van der Waals surface area contributed by atoms with Gasteiger partial charge in [-0.3, -0.25) is 4.84 Å². The Bertz CT molecular complexity index is 339. The van der Waals surface area contributed by atoms with Gasteiger partial charge >= 0.3 is 0 Å². The molecule has 0 aromatic heterocycles. The monoisotopic (exact) mass is 227 g/mol. The van der Waals surface area contributed by atoms with Gasteiger partial charge < -0.3 is 4.74 Å². The van der Waals surface area contributed by atoms with Crippen molar-refractivity contribution in [1.29, 1.82) is 0 Å². The molecule has 4 heteroatoms. The van der Waals surface area contributed by atoms with E-state index in [9.17, 15) is 0 Å². The van der Waals surface area contributed by atoms with Crippen molar-refractivity contribution >= 4 is 11.6 Å². The van der Waals surface area contributed by atoms with Crippen LogP contribution in [0.25, 0.3) is 0 Å². The van der Waals surface area contributed by atoms with Crippen molar-refractivity contribution in [1.82, 2.24) is 0 Å². The molecule has 1 aromatic carbocycles. The number of benzene rings is 1. The molecule has 1 saturated carbocycles. The summed E-state index contributed by atoms with van der Waals surface area (Å²) in [6, 6.07) is 5.49. The number of rotatable bonds is 5. The van der Waals surface area contributed by atoms with Crippen LogP contribution in [0.15, 0.2) is 18.2 Å². The molecule has 15 heavy (non-hydrogen) atoms. The first-order valence-corrected chi connectivity index (χ1v) is 5.40. The zero-order chi connectivity index (χ0) is 10.7. The summed E-state index contributed by atoms with van der Waals surface area (Å²) in [5, 5.41) is 0.667. The lowest BCUT2D eigenvalue weighted by Gasteiger charge is -2.10. The normalized spacial score (nSPS) is 15.3. The van der Waals surface area contributed by atoms with Gasteiger partial charge in [-0.2, -0.15) is 0 Å². The fourth-order valence-corrected chi connectivity index (χ4v) is 1.58. The van der Waals surface area contributed by atoms with Crippen molar-refractivity contribution in [3.8, 4) is 5.75 Å². The third kappa shape index (κ3) is 3.09. The maximum Gasteiger partial charge on any atom is 0.125 e. The summed E-state index contributed by atoms with van der Waals surface area (Å²) < 4.78 is 5.67. The number of hydrogen-bond donors (Lipinski definition) is 1. The lowest BCUT2D eigenvalue weighted by Crippen LogP contribution is -2.05. The minimum atomic E-state index is 0.320. The molecule has 0 unspecified atom stereocenters. The number of nitrogens with two attached hydrogens (primary N) is 1. The van der Waals surface area contributed by atoms with Crippen LogP contribution in [0.1, 0.15) is 18.4 Å². The van der Waals surface area contributed by atoms with Crippen molar-refractivity contribution in [3.05, 3.63) is 28.8 Å². The SMILES string of the molecule is NOCc1cc(Cl)ccc1OCC1CC1. The average Bonchev–Trinajstić information content (AvgIpc) is 3.01. The molecule has 1 fully saturated rings. The van der Waals surface area contributed by atoms with Gasteiger partial charge in [0.15, 0.2) is 0 Å². The third-order valence-electron chi connectivity index (χ3n) is 2.43.